The van der Waals surface area contributed by atoms with Gasteiger partial charge in [-0.1, -0.05) is 65.7 Å². The van der Waals surface area contributed by atoms with Gasteiger partial charge in [0.1, 0.15) is 5.70 Å². The van der Waals surface area contributed by atoms with E-state index >= 15 is 0 Å². The van der Waals surface area contributed by atoms with E-state index in [2.05, 4.69) is 20.8 Å². The molecule has 150 valence electrons. The maximum atomic E-state index is 13.1. The van der Waals surface area contributed by atoms with Crippen LogP contribution in [0.4, 0.5) is 0 Å². The number of nitrogens with zero attached hydrogens (tertiary/aromatic N) is 4. The number of hydrogen-bond donors (Lipinski definition) is 1. The molecule has 4 rings (SSSR count). The molecule has 9 heteroatoms. The van der Waals surface area contributed by atoms with Gasteiger partial charge in [0.25, 0.3) is 5.91 Å². The normalized spacial score (nSPS) is 11.5. The lowest BCUT2D eigenvalue weighted by Crippen LogP contribution is -2.27. The molecule has 30 heavy (non-hydrogen) atoms. The van der Waals surface area contributed by atoms with Gasteiger partial charge < -0.3 is 5.32 Å². The van der Waals surface area contributed by atoms with E-state index in [1.807, 2.05) is 47.8 Å². The van der Waals surface area contributed by atoms with E-state index in [1.165, 1.54) is 16.0 Å². The van der Waals surface area contributed by atoms with Crippen molar-refractivity contribution in [3.8, 4) is 11.4 Å². The fourth-order valence-corrected chi connectivity index (χ4v) is 3.91. The minimum Gasteiger partial charge on any atom is -0.347 e. The van der Waals surface area contributed by atoms with Crippen molar-refractivity contribution in [3.05, 3.63) is 86.5 Å². The second-order valence-electron chi connectivity index (χ2n) is 6.24. The molecule has 0 saturated carbocycles. The molecule has 0 aliphatic carbocycles. The van der Waals surface area contributed by atoms with E-state index in [0.29, 0.717) is 21.6 Å². The summed E-state index contributed by atoms with van der Waals surface area (Å²) in [5.74, 6) is 0.136. The first kappa shape index (κ1) is 20.3. The second kappa shape index (κ2) is 9.21. The Kier molecular flexibility index (Phi) is 6.23. The summed E-state index contributed by atoms with van der Waals surface area (Å²) in [6.45, 7) is 0.236. The number of amides is 1. The molecule has 2 aromatic heterocycles. The zero-order valence-electron chi connectivity index (χ0n) is 15.5. The lowest BCUT2D eigenvalue weighted by Gasteiger charge is -2.11. The van der Waals surface area contributed by atoms with Crippen LogP contribution in [0.3, 0.4) is 0 Å². The summed E-state index contributed by atoms with van der Waals surface area (Å²) in [5, 5.41) is 17.8. The molecule has 2 heterocycles. The highest BCUT2D eigenvalue weighted by Gasteiger charge is 2.19. The van der Waals surface area contributed by atoms with Crippen LogP contribution in [-0.4, -0.2) is 26.1 Å². The number of nitrogens with one attached hydrogen (secondary N) is 1. The summed E-state index contributed by atoms with van der Waals surface area (Å²) in [5.41, 5.74) is 1.85. The van der Waals surface area contributed by atoms with Gasteiger partial charge in [0, 0.05) is 27.0 Å². The predicted octanol–water partition coefficient (Wildman–Crippen LogP) is 5.02. The minimum absolute atomic E-state index is 0.236. The number of halogens is 2. The van der Waals surface area contributed by atoms with Crippen LogP contribution in [-0.2, 0) is 11.3 Å². The van der Waals surface area contributed by atoms with E-state index in [4.69, 9.17) is 23.2 Å². The van der Waals surface area contributed by atoms with Gasteiger partial charge in [0.2, 0.25) is 0 Å². The van der Waals surface area contributed by atoms with E-state index in [-0.39, 0.29) is 12.5 Å². The number of benzene rings is 2. The molecule has 0 saturated heterocycles. The van der Waals surface area contributed by atoms with Gasteiger partial charge in [-0.2, -0.15) is 4.68 Å². The summed E-state index contributed by atoms with van der Waals surface area (Å²) >= 11 is 13.7. The first-order valence-electron chi connectivity index (χ1n) is 8.93. The molecule has 4 aromatic rings. The van der Waals surface area contributed by atoms with Gasteiger partial charge in [-0.25, -0.2) is 0 Å². The number of tetrazole rings is 1. The summed E-state index contributed by atoms with van der Waals surface area (Å²) in [4.78, 5) is 14.0. The van der Waals surface area contributed by atoms with Crippen molar-refractivity contribution in [2.24, 2.45) is 0 Å². The number of aromatic nitrogens is 4. The Balaban J connectivity index is 1.66. The highest BCUT2D eigenvalue weighted by atomic mass is 35.5. The maximum Gasteiger partial charge on any atom is 0.270 e. The Morgan fingerprint density at radius 3 is 2.67 bits per heavy atom. The van der Waals surface area contributed by atoms with Gasteiger partial charge >= 0.3 is 0 Å². The fourth-order valence-electron chi connectivity index (χ4n) is 2.78. The Hall–Kier alpha value is -3.00. The van der Waals surface area contributed by atoms with Crippen molar-refractivity contribution >= 4 is 52.2 Å². The average Bonchev–Trinajstić information content (AvgIpc) is 3.44. The molecular weight excluding hydrogens is 441 g/mol. The van der Waals surface area contributed by atoms with Crippen molar-refractivity contribution in [1.29, 1.82) is 0 Å². The number of carbonyl (C=O) groups excluding carboxylic acids is 1. The fraction of sp³-hybridized carbons (Fsp3) is 0.0476. The zero-order valence-corrected chi connectivity index (χ0v) is 17.8. The van der Waals surface area contributed by atoms with Crippen molar-refractivity contribution in [1.82, 2.24) is 25.5 Å². The Morgan fingerprint density at radius 2 is 1.93 bits per heavy atom. The number of thiophene rings is 1. The third-order valence-corrected chi connectivity index (χ3v) is 5.65. The summed E-state index contributed by atoms with van der Waals surface area (Å²) in [6.07, 6.45) is 1.76. The van der Waals surface area contributed by atoms with E-state index in [9.17, 15) is 4.79 Å². The van der Waals surface area contributed by atoms with Gasteiger partial charge in [0.15, 0.2) is 5.82 Å². The zero-order chi connectivity index (χ0) is 20.9. The molecule has 0 fully saturated rings. The Labute approximate surface area is 186 Å². The van der Waals surface area contributed by atoms with E-state index in [1.54, 1.807) is 24.3 Å². The quantitative estimate of drug-likeness (QED) is 0.414. The number of hydrogen-bond acceptors (Lipinski definition) is 5. The molecule has 1 N–H and O–H groups in total. The molecule has 0 atom stereocenters. The monoisotopic (exact) mass is 455 g/mol. The van der Waals surface area contributed by atoms with Crippen molar-refractivity contribution in [3.63, 3.8) is 0 Å². The molecule has 2 aromatic carbocycles. The lowest BCUT2D eigenvalue weighted by molar-refractivity contribution is -0.116. The molecule has 6 nitrogen and oxygen atoms in total. The standard InChI is InChI=1S/C21H15Cl2N5OS/c22-16-9-8-15(18(23)11-16)13-24-21(29)19(12-17-7-4-10-30-17)28-20(25-26-27-28)14-5-2-1-3-6-14/h1-12H,13H2,(H,24,29). The lowest BCUT2D eigenvalue weighted by atomic mass is 10.2. The first-order valence-corrected chi connectivity index (χ1v) is 10.6. The van der Waals surface area contributed by atoms with Crippen LogP contribution >= 0.6 is 34.5 Å². The largest absolute Gasteiger partial charge is 0.347 e. The van der Waals surface area contributed by atoms with Crippen LogP contribution in [0.1, 0.15) is 10.4 Å². The van der Waals surface area contributed by atoms with Crippen molar-refractivity contribution in [2.45, 2.75) is 6.54 Å². The number of rotatable bonds is 6. The van der Waals surface area contributed by atoms with Crippen LogP contribution in [0.5, 0.6) is 0 Å². The molecule has 0 spiro atoms. The van der Waals surface area contributed by atoms with E-state index < -0.39 is 0 Å². The third kappa shape index (κ3) is 4.59. The second-order valence-corrected chi connectivity index (χ2v) is 8.07. The molecular formula is C21H15Cl2N5OS. The first-order chi connectivity index (χ1) is 14.6. The molecule has 0 bridgehead atoms. The van der Waals surface area contributed by atoms with Crippen LogP contribution in [0.2, 0.25) is 10.0 Å². The van der Waals surface area contributed by atoms with Crippen LogP contribution < -0.4 is 5.32 Å². The van der Waals surface area contributed by atoms with Crippen molar-refractivity contribution < 1.29 is 4.79 Å². The third-order valence-electron chi connectivity index (χ3n) is 4.24. The summed E-state index contributed by atoms with van der Waals surface area (Å²) in [6, 6.07) is 18.4. The SMILES string of the molecule is O=C(NCc1ccc(Cl)cc1Cl)C(=Cc1cccs1)n1nnnc1-c1ccccc1. The van der Waals surface area contributed by atoms with Gasteiger partial charge in [-0.15, -0.1) is 16.4 Å². The average molecular weight is 456 g/mol. The van der Waals surface area contributed by atoms with Crippen LogP contribution in [0.25, 0.3) is 23.2 Å². The summed E-state index contributed by atoms with van der Waals surface area (Å²) in [7, 11) is 0. The van der Waals surface area contributed by atoms with E-state index in [0.717, 1.165) is 16.0 Å². The van der Waals surface area contributed by atoms with Gasteiger partial charge in [0.05, 0.1) is 0 Å². The molecule has 1 amide bonds. The smallest absolute Gasteiger partial charge is 0.270 e. The van der Waals surface area contributed by atoms with Crippen LogP contribution in [0, 0.1) is 0 Å². The predicted molar refractivity (Wildman–Crippen MR) is 120 cm³/mol. The van der Waals surface area contributed by atoms with Gasteiger partial charge in [-0.05, 0) is 45.6 Å². The highest BCUT2D eigenvalue weighted by Crippen LogP contribution is 2.23. The molecule has 0 unspecified atom stereocenters. The molecule has 0 aliphatic heterocycles. The minimum atomic E-state index is -0.334. The maximum absolute atomic E-state index is 13.1. The number of carbonyl (C=O) groups is 1. The van der Waals surface area contributed by atoms with Crippen LogP contribution in [0.15, 0.2) is 66.0 Å². The summed E-state index contributed by atoms with van der Waals surface area (Å²) < 4.78 is 1.44. The molecule has 0 aliphatic rings. The Morgan fingerprint density at radius 1 is 1.10 bits per heavy atom. The topological polar surface area (TPSA) is 72.7 Å². The molecule has 0 radical (unpaired) electrons. The Bertz CT molecular complexity index is 1190. The highest BCUT2D eigenvalue weighted by molar-refractivity contribution is 7.10. The van der Waals surface area contributed by atoms with Gasteiger partial charge in [-0.3, -0.25) is 4.79 Å². The van der Waals surface area contributed by atoms with Crippen molar-refractivity contribution in [2.75, 3.05) is 0 Å².